The number of aryl methyl sites for hydroxylation is 1. The predicted molar refractivity (Wildman–Crippen MR) is 107 cm³/mol. The fourth-order valence-electron chi connectivity index (χ4n) is 3.61. The number of rotatable bonds is 5. The van der Waals surface area contributed by atoms with Crippen LogP contribution in [0.4, 0.5) is 5.69 Å². The molecule has 0 aliphatic carbocycles. The standard InChI is InChI=1S/C19H24N4O4S/c1-4-13-12(2)20-17(21-18(13)24)16-10-7-11-23(16)19(25)14-8-5-6-9-15(14)22-28(3,26)27/h5-6,8-9,16,22H,4,7,10-11H2,1-3H3,(H,20,21,24). The van der Waals surface area contributed by atoms with Crippen molar-refractivity contribution in [2.45, 2.75) is 39.2 Å². The molecule has 1 aliphatic heterocycles. The van der Waals surface area contributed by atoms with Gasteiger partial charge in [-0.05, 0) is 38.3 Å². The summed E-state index contributed by atoms with van der Waals surface area (Å²) in [6, 6.07) is 6.15. The third-order valence-electron chi connectivity index (χ3n) is 4.88. The van der Waals surface area contributed by atoms with Gasteiger partial charge in [0.25, 0.3) is 11.5 Å². The van der Waals surface area contributed by atoms with Gasteiger partial charge in [0.05, 0.1) is 23.5 Å². The van der Waals surface area contributed by atoms with E-state index in [1.165, 1.54) is 0 Å². The first kappa shape index (κ1) is 20.1. The molecule has 2 aromatic rings. The van der Waals surface area contributed by atoms with Crippen LogP contribution >= 0.6 is 0 Å². The molecule has 0 bridgehead atoms. The average Bonchev–Trinajstić information content (AvgIpc) is 3.09. The zero-order valence-electron chi connectivity index (χ0n) is 16.2. The molecule has 1 amide bonds. The topological polar surface area (TPSA) is 112 Å². The van der Waals surface area contributed by atoms with Gasteiger partial charge < -0.3 is 9.88 Å². The van der Waals surface area contributed by atoms with Gasteiger partial charge in [-0.25, -0.2) is 13.4 Å². The lowest BCUT2D eigenvalue weighted by Crippen LogP contribution is -2.33. The molecule has 2 N–H and O–H groups in total. The molecule has 8 nitrogen and oxygen atoms in total. The molecular weight excluding hydrogens is 380 g/mol. The number of aromatic nitrogens is 2. The number of carbonyl (C=O) groups is 1. The largest absolute Gasteiger partial charge is 0.328 e. The summed E-state index contributed by atoms with van der Waals surface area (Å²) >= 11 is 0. The molecule has 9 heteroatoms. The monoisotopic (exact) mass is 404 g/mol. The minimum atomic E-state index is -3.52. The van der Waals surface area contributed by atoms with Crippen LogP contribution < -0.4 is 10.3 Å². The van der Waals surface area contributed by atoms with Crippen LogP contribution in [0.5, 0.6) is 0 Å². The molecule has 150 valence electrons. The summed E-state index contributed by atoms with van der Waals surface area (Å²) in [4.78, 5) is 34.5. The molecule has 1 saturated heterocycles. The molecule has 2 heterocycles. The molecule has 1 aromatic carbocycles. The number of hydrogen-bond donors (Lipinski definition) is 2. The van der Waals surface area contributed by atoms with Crippen LogP contribution in [0.2, 0.25) is 0 Å². The van der Waals surface area contributed by atoms with Crippen LogP contribution in [-0.2, 0) is 16.4 Å². The molecule has 0 spiro atoms. The summed E-state index contributed by atoms with van der Waals surface area (Å²) in [6.45, 7) is 4.20. The quantitative estimate of drug-likeness (QED) is 0.791. The van der Waals surface area contributed by atoms with Crippen LogP contribution in [-0.4, -0.2) is 42.0 Å². The van der Waals surface area contributed by atoms with Crippen molar-refractivity contribution in [3.05, 3.63) is 57.3 Å². The van der Waals surface area contributed by atoms with Crippen molar-refractivity contribution in [3.63, 3.8) is 0 Å². The van der Waals surface area contributed by atoms with Gasteiger partial charge in [0, 0.05) is 17.8 Å². The fourth-order valence-corrected chi connectivity index (χ4v) is 4.19. The SMILES string of the molecule is CCc1c(C)nc(C2CCCN2C(=O)c2ccccc2NS(C)(=O)=O)[nH]c1=O. The first-order chi connectivity index (χ1) is 13.2. The molecule has 1 unspecified atom stereocenters. The molecule has 0 radical (unpaired) electrons. The first-order valence-corrected chi connectivity index (χ1v) is 11.1. The fraction of sp³-hybridized carbons (Fsp3) is 0.421. The van der Waals surface area contributed by atoms with E-state index < -0.39 is 10.0 Å². The molecule has 28 heavy (non-hydrogen) atoms. The summed E-state index contributed by atoms with van der Waals surface area (Å²) in [5, 5.41) is 0. The van der Waals surface area contributed by atoms with E-state index in [9.17, 15) is 18.0 Å². The second-order valence-corrected chi connectivity index (χ2v) is 8.69. The average molecular weight is 404 g/mol. The van der Waals surface area contributed by atoms with Crippen LogP contribution in [0.1, 0.15) is 53.2 Å². The van der Waals surface area contributed by atoms with E-state index in [4.69, 9.17) is 0 Å². The van der Waals surface area contributed by atoms with Gasteiger partial charge in [0.1, 0.15) is 5.82 Å². The Kier molecular flexibility index (Phi) is 5.55. The number of hydrogen-bond acceptors (Lipinski definition) is 5. The summed E-state index contributed by atoms with van der Waals surface area (Å²) in [5.74, 6) is 0.174. The Labute approximate surface area is 164 Å². The number of aromatic amines is 1. The number of nitrogens with zero attached hydrogens (tertiary/aromatic N) is 2. The van der Waals surface area contributed by atoms with Crippen molar-refractivity contribution < 1.29 is 13.2 Å². The number of benzene rings is 1. The van der Waals surface area contributed by atoms with Crippen LogP contribution in [0.3, 0.4) is 0 Å². The number of carbonyl (C=O) groups excluding carboxylic acids is 1. The molecule has 1 fully saturated rings. The first-order valence-electron chi connectivity index (χ1n) is 9.18. The maximum absolute atomic E-state index is 13.2. The highest BCUT2D eigenvalue weighted by Crippen LogP contribution is 2.32. The van der Waals surface area contributed by atoms with E-state index >= 15 is 0 Å². The summed E-state index contributed by atoms with van der Waals surface area (Å²) in [6.07, 6.45) is 3.09. The van der Waals surface area contributed by atoms with Crippen molar-refractivity contribution in [3.8, 4) is 0 Å². The van der Waals surface area contributed by atoms with Gasteiger partial charge >= 0.3 is 0 Å². The van der Waals surface area contributed by atoms with Crippen molar-refractivity contribution in [1.29, 1.82) is 0 Å². The van der Waals surface area contributed by atoms with E-state index in [-0.39, 0.29) is 28.8 Å². The number of H-pyrrole nitrogens is 1. The van der Waals surface area contributed by atoms with Gasteiger partial charge in [0.2, 0.25) is 10.0 Å². The van der Waals surface area contributed by atoms with Crippen LogP contribution in [0, 0.1) is 6.92 Å². The third-order valence-corrected chi connectivity index (χ3v) is 5.47. The number of anilines is 1. The Balaban J connectivity index is 1.96. The molecule has 1 atom stereocenters. The Bertz CT molecular complexity index is 1060. The summed E-state index contributed by atoms with van der Waals surface area (Å²) in [7, 11) is -3.52. The Morgan fingerprint density at radius 3 is 2.71 bits per heavy atom. The van der Waals surface area contributed by atoms with E-state index in [2.05, 4.69) is 14.7 Å². The highest BCUT2D eigenvalue weighted by atomic mass is 32.2. The van der Waals surface area contributed by atoms with E-state index in [0.29, 0.717) is 36.5 Å². The van der Waals surface area contributed by atoms with E-state index in [1.807, 2.05) is 6.92 Å². The number of nitrogens with one attached hydrogen (secondary N) is 2. The molecule has 1 aliphatic rings. The van der Waals surface area contributed by atoms with Crippen LogP contribution in [0.25, 0.3) is 0 Å². The summed E-state index contributed by atoms with van der Waals surface area (Å²) in [5.41, 5.74) is 1.63. The Morgan fingerprint density at radius 1 is 1.36 bits per heavy atom. The minimum absolute atomic E-state index is 0.177. The van der Waals surface area contributed by atoms with Gasteiger partial charge in [-0.3, -0.25) is 14.3 Å². The maximum Gasteiger partial charge on any atom is 0.256 e. The van der Waals surface area contributed by atoms with Crippen molar-refractivity contribution in [2.75, 3.05) is 17.5 Å². The lowest BCUT2D eigenvalue weighted by molar-refractivity contribution is 0.0730. The normalized spacial score (nSPS) is 17.0. The molecule has 0 saturated carbocycles. The number of para-hydroxylation sites is 1. The van der Waals surface area contributed by atoms with Gasteiger partial charge in [-0.2, -0.15) is 0 Å². The smallest absolute Gasteiger partial charge is 0.256 e. The maximum atomic E-state index is 13.2. The van der Waals surface area contributed by atoms with Gasteiger partial charge in [-0.15, -0.1) is 0 Å². The highest BCUT2D eigenvalue weighted by molar-refractivity contribution is 7.92. The van der Waals surface area contributed by atoms with E-state index in [1.54, 1.807) is 36.1 Å². The Morgan fingerprint density at radius 2 is 2.07 bits per heavy atom. The second kappa shape index (κ2) is 7.75. The van der Waals surface area contributed by atoms with Crippen LogP contribution in [0.15, 0.2) is 29.1 Å². The zero-order chi connectivity index (χ0) is 20.5. The molecule has 3 rings (SSSR count). The molecule has 1 aromatic heterocycles. The van der Waals surface area contributed by atoms with Gasteiger partial charge in [-0.1, -0.05) is 19.1 Å². The second-order valence-electron chi connectivity index (χ2n) is 6.95. The highest BCUT2D eigenvalue weighted by Gasteiger charge is 2.33. The molecular formula is C19H24N4O4S. The van der Waals surface area contributed by atoms with Gasteiger partial charge in [0.15, 0.2) is 0 Å². The number of sulfonamides is 1. The predicted octanol–water partition coefficient (Wildman–Crippen LogP) is 1.99. The van der Waals surface area contributed by atoms with Crippen molar-refractivity contribution in [2.24, 2.45) is 0 Å². The zero-order valence-corrected chi connectivity index (χ0v) is 17.0. The Hall–Kier alpha value is -2.68. The van der Waals surface area contributed by atoms with Crippen molar-refractivity contribution >= 4 is 21.6 Å². The van der Waals surface area contributed by atoms with Crippen molar-refractivity contribution in [1.82, 2.24) is 14.9 Å². The summed E-state index contributed by atoms with van der Waals surface area (Å²) < 4.78 is 25.7. The minimum Gasteiger partial charge on any atom is -0.328 e. The lowest BCUT2D eigenvalue weighted by atomic mass is 10.1. The lowest BCUT2D eigenvalue weighted by Gasteiger charge is -2.25. The number of amides is 1. The number of likely N-dealkylation sites (tertiary alicyclic amines) is 1. The van der Waals surface area contributed by atoms with E-state index in [0.717, 1.165) is 12.7 Å². The third kappa shape index (κ3) is 4.09.